The lowest BCUT2D eigenvalue weighted by atomic mass is 9.94. The van der Waals surface area contributed by atoms with Crippen molar-refractivity contribution in [3.8, 4) is 0 Å². The van der Waals surface area contributed by atoms with E-state index in [0.29, 0.717) is 5.09 Å². The van der Waals surface area contributed by atoms with Gasteiger partial charge < -0.3 is 4.42 Å². The van der Waals surface area contributed by atoms with Crippen LogP contribution in [0.15, 0.2) is 21.6 Å². The largest absolute Gasteiger partial charge is 0.452 e. The van der Waals surface area contributed by atoms with Gasteiger partial charge in [0.05, 0.1) is 0 Å². The Hall–Kier alpha value is -0.700. The van der Waals surface area contributed by atoms with Gasteiger partial charge in [-0.3, -0.25) is 4.21 Å². The first-order valence-corrected chi connectivity index (χ1v) is 6.27. The van der Waals surface area contributed by atoms with Gasteiger partial charge in [0, 0.05) is 21.2 Å². The van der Waals surface area contributed by atoms with Crippen LogP contribution < -0.4 is 0 Å². The summed E-state index contributed by atoms with van der Waals surface area (Å²) in [6.07, 6.45) is 1.58. The summed E-state index contributed by atoms with van der Waals surface area (Å²) in [6, 6.07) is 3.61. The molecule has 0 bridgehead atoms. The monoisotopic (exact) mass is 200 g/mol. The van der Waals surface area contributed by atoms with Crippen molar-refractivity contribution in [3.63, 3.8) is 0 Å². The average Bonchev–Trinajstić information content (AvgIpc) is 2.28. The fraction of sp³-hybridized carbons (Fsp3) is 0.500. The SMILES string of the molecule is C=S(C)(=O)c1ccc(C(C)(C)C)o1. The molecule has 1 aromatic heterocycles. The quantitative estimate of drug-likeness (QED) is 0.651. The molecule has 0 saturated heterocycles. The van der Waals surface area contributed by atoms with Gasteiger partial charge in [-0.2, -0.15) is 0 Å². The molecule has 0 fully saturated rings. The summed E-state index contributed by atoms with van der Waals surface area (Å²) in [7, 11) is -2.21. The Morgan fingerprint density at radius 1 is 1.38 bits per heavy atom. The van der Waals surface area contributed by atoms with Crippen LogP contribution in [0, 0.1) is 0 Å². The van der Waals surface area contributed by atoms with E-state index in [4.69, 9.17) is 4.42 Å². The Balaban J connectivity index is 3.16. The summed E-state index contributed by atoms with van der Waals surface area (Å²) in [5.41, 5.74) is -0.0388. The van der Waals surface area contributed by atoms with E-state index < -0.39 is 9.52 Å². The van der Waals surface area contributed by atoms with Crippen molar-refractivity contribution in [1.29, 1.82) is 0 Å². The van der Waals surface area contributed by atoms with Crippen LogP contribution in [-0.2, 0) is 14.9 Å². The lowest BCUT2D eigenvalue weighted by molar-refractivity contribution is 0.359. The number of hydrogen-bond donors (Lipinski definition) is 0. The van der Waals surface area contributed by atoms with Gasteiger partial charge in [-0.1, -0.05) is 20.8 Å². The number of furan rings is 1. The van der Waals surface area contributed by atoms with Crippen molar-refractivity contribution in [2.24, 2.45) is 0 Å². The zero-order chi connectivity index (χ0) is 10.3. The maximum absolute atomic E-state index is 11.5. The molecule has 3 heteroatoms. The molecule has 1 atom stereocenters. The molecule has 1 aromatic rings. The maximum atomic E-state index is 11.5. The van der Waals surface area contributed by atoms with E-state index in [0.717, 1.165) is 5.76 Å². The zero-order valence-corrected chi connectivity index (χ0v) is 9.40. The highest BCUT2D eigenvalue weighted by Gasteiger charge is 2.19. The Kier molecular flexibility index (Phi) is 2.32. The van der Waals surface area contributed by atoms with Crippen LogP contribution in [-0.4, -0.2) is 16.3 Å². The molecule has 0 radical (unpaired) electrons. The minimum Gasteiger partial charge on any atom is -0.452 e. The van der Waals surface area contributed by atoms with Crippen LogP contribution in [0.5, 0.6) is 0 Å². The fourth-order valence-corrected chi connectivity index (χ4v) is 1.58. The second kappa shape index (κ2) is 2.91. The molecule has 0 aliphatic carbocycles. The van der Waals surface area contributed by atoms with Crippen molar-refractivity contribution in [2.75, 3.05) is 6.26 Å². The van der Waals surface area contributed by atoms with Crippen molar-refractivity contribution in [1.82, 2.24) is 0 Å². The van der Waals surface area contributed by atoms with Gasteiger partial charge in [-0.15, -0.1) is 0 Å². The van der Waals surface area contributed by atoms with Gasteiger partial charge >= 0.3 is 0 Å². The van der Waals surface area contributed by atoms with Crippen LogP contribution in [0.1, 0.15) is 26.5 Å². The first-order valence-electron chi connectivity index (χ1n) is 4.14. The van der Waals surface area contributed by atoms with E-state index in [-0.39, 0.29) is 5.41 Å². The van der Waals surface area contributed by atoms with Crippen LogP contribution in [0.2, 0.25) is 0 Å². The second-order valence-electron chi connectivity index (χ2n) is 4.37. The third-order valence-electron chi connectivity index (χ3n) is 1.75. The fourth-order valence-electron chi connectivity index (χ4n) is 0.955. The van der Waals surface area contributed by atoms with Gasteiger partial charge in [0.1, 0.15) is 5.76 Å². The standard InChI is InChI=1S/C10H16O2S/c1-10(2,3)8-6-7-9(12-8)13(4,5)11/h6-7H,4H2,1-3,5H3. The minimum atomic E-state index is -2.21. The van der Waals surface area contributed by atoms with Crippen LogP contribution in [0.4, 0.5) is 0 Å². The van der Waals surface area contributed by atoms with E-state index in [1.54, 1.807) is 12.3 Å². The molecule has 0 saturated carbocycles. The van der Waals surface area contributed by atoms with Gasteiger partial charge in [0.25, 0.3) is 0 Å². The molecular formula is C10H16O2S. The third-order valence-corrected chi connectivity index (χ3v) is 2.82. The summed E-state index contributed by atoms with van der Waals surface area (Å²) < 4.78 is 17.0. The second-order valence-corrected chi connectivity index (χ2v) is 6.79. The summed E-state index contributed by atoms with van der Waals surface area (Å²) in [6.45, 7) is 6.16. The molecule has 1 heterocycles. The lowest BCUT2D eigenvalue weighted by Crippen LogP contribution is -2.09. The van der Waals surface area contributed by atoms with Crippen molar-refractivity contribution < 1.29 is 8.63 Å². The summed E-state index contributed by atoms with van der Waals surface area (Å²) in [4.78, 5) is 0. The molecule has 1 rings (SSSR count). The first kappa shape index (κ1) is 10.4. The summed E-state index contributed by atoms with van der Waals surface area (Å²) in [5.74, 6) is 4.42. The highest BCUT2D eigenvalue weighted by atomic mass is 32.2. The predicted molar refractivity (Wildman–Crippen MR) is 56.9 cm³/mol. The molecule has 0 spiro atoms. The molecule has 2 nitrogen and oxygen atoms in total. The topological polar surface area (TPSA) is 30.2 Å². The van der Waals surface area contributed by atoms with Crippen LogP contribution >= 0.6 is 0 Å². The Morgan fingerprint density at radius 2 is 1.92 bits per heavy atom. The molecule has 0 aliphatic rings. The first-order chi connectivity index (χ1) is 5.71. The van der Waals surface area contributed by atoms with Gasteiger partial charge in [-0.05, 0) is 18.0 Å². The highest BCUT2D eigenvalue weighted by molar-refractivity contribution is 7.99. The molecule has 0 aromatic carbocycles. The maximum Gasteiger partial charge on any atom is 0.182 e. The predicted octanol–water partition coefficient (Wildman–Crippen LogP) is 2.28. The minimum absolute atomic E-state index is 0.0388. The summed E-state index contributed by atoms with van der Waals surface area (Å²) >= 11 is 0. The molecular weight excluding hydrogens is 184 g/mol. The van der Waals surface area contributed by atoms with E-state index in [2.05, 4.69) is 26.6 Å². The smallest absolute Gasteiger partial charge is 0.182 e. The van der Waals surface area contributed by atoms with Gasteiger partial charge in [-0.25, -0.2) is 0 Å². The molecule has 1 unspecified atom stereocenters. The molecule has 0 N–H and O–H groups in total. The number of rotatable bonds is 1. The summed E-state index contributed by atoms with van der Waals surface area (Å²) in [5, 5.41) is 0.484. The van der Waals surface area contributed by atoms with E-state index in [1.165, 1.54) is 0 Å². The Labute approximate surface area is 80.0 Å². The zero-order valence-electron chi connectivity index (χ0n) is 8.59. The van der Waals surface area contributed by atoms with Crippen molar-refractivity contribution in [2.45, 2.75) is 31.3 Å². The van der Waals surface area contributed by atoms with Gasteiger partial charge in [0.2, 0.25) is 0 Å². The molecule has 13 heavy (non-hydrogen) atoms. The van der Waals surface area contributed by atoms with Crippen molar-refractivity contribution in [3.05, 3.63) is 17.9 Å². The molecule has 74 valence electrons. The van der Waals surface area contributed by atoms with Crippen molar-refractivity contribution >= 4 is 15.4 Å². The third kappa shape index (κ3) is 2.37. The lowest BCUT2D eigenvalue weighted by Gasteiger charge is -2.14. The van der Waals surface area contributed by atoms with E-state index in [1.807, 2.05) is 6.07 Å². The van der Waals surface area contributed by atoms with Crippen LogP contribution in [0.3, 0.4) is 0 Å². The average molecular weight is 200 g/mol. The Bertz CT molecular complexity index is 391. The van der Waals surface area contributed by atoms with E-state index >= 15 is 0 Å². The van der Waals surface area contributed by atoms with Gasteiger partial charge in [0.15, 0.2) is 5.09 Å². The molecule has 0 amide bonds. The van der Waals surface area contributed by atoms with E-state index in [9.17, 15) is 4.21 Å². The van der Waals surface area contributed by atoms with Crippen LogP contribution in [0.25, 0.3) is 0 Å². The normalized spacial score (nSPS) is 16.9. The number of hydrogen-bond acceptors (Lipinski definition) is 2. The highest BCUT2D eigenvalue weighted by Crippen LogP contribution is 2.25. The molecule has 0 aliphatic heterocycles. The Morgan fingerprint density at radius 3 is 2.15 bits per heavy atom.